The Balaban J connectivity index is 1.78. The van der Waals surface area contributed by atoms with Crippen LogP contribution in [0.4, 0.5) is 5.69 Å². The second-order valence-electron chi connectivity index (χ2n) is 12.3. The Morgan fingerprint density at radius 1 is 0.610 bits per heavy atom. The molecule has 3 unspecified atom stereocenters. The van der Waals surface area contributed by atoms with Crippen molar-refractivity contribution in [3.63, 3.8) is 0 Å². The van der Waals surface area contributed by atoms with Crippen molar-refractivity contribution in [1.29, 1.82) is 0 Å². The first-order valence-electron chi connectivity index (χ1n) is 13.4. The first-order valence-corrected chi connectivity index (χ1v) is 13.4. The van der Waals surface area contributed by atoms with Gasteiger partial charge in [-0.15, -0.1) is 0 Å². The van der Waals surface area contributed by atoms with E-state index < -0.39 is 46.6 Å². The summed E-state index contributed by atoms with van der Waals surface area (Å²) in [5.41, 5.74) is 1.65. The first kappa shape index (κ1) is 31.1. The third kappa shape index (κ3) is 7.81. The fourth-order valence-corrected chi connectivity index (χ4v) is 5.14. The SMILES string of the molecule is CC(C)(C)C(C(=O)O)C(C(NC(=O)c1ccc(-c2ccc(NC(=O)c3ccccc3)cc2)cc1)C(=O)O)C(C)(C)C. The Bertz CT molecular complexity index is 1380. The molecule has 0 saturated heterocycles. The van der Waals surface area contributed by atoms with E-state index in [9.17, 15) is 29.4 Å². The van der Waals surface area contributed by atoms with E-state index in [1.807, 2.05) is 18.2 Å². The van der Waals surface area contributed by atoms with E-state index in [0.717, 1.165) is 11.1 Å². The molecule has 0 spiro atoms. The molecule has 3 atom stereocenters. The highest BCUT2D eigenvalue weighted by atomic mass is 16.4. The smallest absolute Gasteiger partial charge is 0.326 e. The third-order valence-corrected chi connectivity index (χ3v) is 7.13. The van der Waals surface area contributed by atoms with E-state index in [0.29, 0.717) is 11.3 Å². The van der Waals surface area contributed by atoms with Gasteiger partial charge in [0.2, 0.25) is 0 Å². The standard InChI is InChI=1S/C33H38N2O6/c1-32(2,3)25(26(30(38)39)33(4,5)6)27(31(40)41)35-29(37)23-14-12-20(13-15-23)21-16-18-24(19-17-21)34-28(36)22-10-8-7-9-11-22/h7-19,25-27H,1-6H3,(H,34,36)(H,35,37)(H,38,39)(H,40,41). The number of hydrogen-bond acceptors (Lipinski definition) is 4. The van der Waals surface area contributed by atoms with Gasteiger partial charge in [-0.1, -0.05) is 84.0 Å². The summed E-state index contributed by atoms with van der Waals surface area (Å²) in [6.07, 6.45) is 0. The van der Waals surface area contributed by atoms with Crippen LogP contribution in [0.15, 0.2) is 78.9 Å². The number of nitrogens with one attached hydrogen (secondary N) is 2. The number of rotatable bonds is 9. The zero-order valence-electron chi connectivity index (χ0n) is 24.3. The number of hydrogen-bond donors (Lipinski definition) is 4. The van der Waals surface area contributed by atoms with Gasteiger partial charge in [0.05, 0.1) is 5.92 Å². The van der Waals surface area contributed by atoms with Crippen LogP contribution in [-0.4, -0.2) is 40.0 Å². The van der Waals surface area contributed by atoms with Crippen LogP contribution in [0, 0.1) is 22.7 Å². The molecule has 0 fully saturated rings. The largest absolute Gasteiger partial charge is 0.481 e. The summed E-state index contributed by atoms with van der Waals surface area (Å²) in [5.74, 6) is -5.11. The van der Waals surface area contributed by atoms with E-state index in [1.165, 1.54) is 0 Å². The molecule has 0 aromatic heterocycles. The first-order chi connectivity index (χ1) is 19.1. The van der Waals surface area contributed by atoms with E-state index in [-0.39, 0.29) is 11.5 Å². The number of carboxylic acids is 2. The van der Waals surface area contributed by atoms with Crippen LogP contribution in [0.2, 0.25) is 0 Å². The number of amides is 2. The molecule has 216 valence electrons. The molecule has 3 aromatic carbocycles. The van der Waals surface area contributed by atoms with Gasteiger partial charge in [0.25, 0.3) is 11.8 Å². The third-order valence-electron chi connectivity index (χ3n) is 7.13. The molecule has 8 heteroatoms. The highest BCUT2D eigenvalue weighted by Crippen LogP contribution is 2.43. The minimum atomic E-state index is -1.42. The Morgan fingerprint density at radius 3 is 1.54 bits per heavy atom. The highest BCUT2D eigenvalue weighted by Gasteiger charge is 2.50. The second kappa shape index (κ2) is 12.4. The van der Waals surface area contributed by atoms with Crippen molar-refractivity contribution in [2.24, 2.45) is 22.7 Å². The van der Waals surface area contributed by atoms with Crippen molar-refractivity contribution in [3.8, 4) is 11.1 Å². The maximum Gasteiger partial charge on any atom is 0.326 e. The van der Waals surface area contributed by atoms with Crippen molar-refractivity contribution in [2.45, 2.75) is 47.6 Å². The van der Waals surface area contributed by atoms with E-state index in [4.69, 9.17) is 0 Å². The summed E-state index contributed by atoms with van der Waals surface area (Å²) in [6, 6.07) is 21.5. The van der Waals surface area contributed by atoms with Crippen LogP contribution in [-0.2, 0) is 9.59 Å². The average Bonchev–Trinajstić information content (AvgIpc) is 2.89. The van der Waals surface area contributed by atoms with Crippen molar-refractivity contribution in [3.05, 3.63) is 90.0 Å². The lowest BCUT2D eigenvalue weighted by atomic mass is 9.61. The Morgan fingerprint density at radius 2 is 1.10 bits per heavy atom. The van der Waals surface area contributed by atoms with E-state index in [2.05, 4.69) is 10.6 Å². The maximum absolute atomic E-state index is 13.2. The molecule has 4 N–H and O–H groups in total. The fraction of sp³-hybridized carbons (Fsp3) is 0.333. The summed E-state index contributed by atoms with van der Waals surface area (Å²) >= 11 is 0. The molecule has 41 heavy (non-hydrogen) atoms. The number of carboxylic acid groups (broad SMARTS) is 2. The summed E-state index contributed by atoms with van der Waals surface area (Å²) in [6.45, 7) is 10.6. The molecule has 0 aliphatic rings. The number of benzene rings is 3. The normalized spacial score (nSPS) is 13.9. The molecular weight excluding hydrogens is 520 g/mol. The molecule has 3 rings (SSSR count). The van der Waals surface area contributed by atoms with Crippen molar-refractivity contribution < 1.29 is 29.4 Å². The lowest BCUT2D eigenvalue weighted by molar-refractivity contribution is -0.155. The topological polar surface area (TPSA) is 133 Å². The molecule has 0 bridgehead atoms. The number of carbonyl (C=O) groups excluding carboxylic acids is 2. The lowest BCUT2D eigenvalue weighted by Crippen LogP contribution is -2.56. The molecule has 3 aromatic rings. The van der Waals surface area contributed by atoms with Gasteiger partial charge in [-0.25, -0.2) is 4.79 Å². The number of carbonyl (C=O) groups is 4. The molecule has 0 radical (unpaired) electrons. The van der Waals surface area contributed by atoms with Gasteiger partial charge >= 0.3 is 11.9 Å². The van der Waals surface area contributed by atoms with Crippen LogP contribution in [0.3, 0.4) is 0 Å². The van der Waals surface area contributed by atoms with Crippen molar-refractivity contribution in [1.82, 2.24) is 5.32 Å². The second-order valence-corrected chi connectivity index (χ2v) is 12.3. The Labute approximate surface area is 240 Å². The molecule has 0 saturated carbocycles. The molecule has 8 nitrogen and oxygen atoms in total. The molecule has 2 amide bonds. The van der Waals surface area contributed by atoms with Gasteiger partial charge in [-0.2, -0.15) is 0 Å². The van der Waals surface area contributed by atoms with Gasteiger partial charge < -0.3 is 20.8 Å². The Kier molecular flexibility index (Phi) is 9.38. The zero-order valence-corrected chi connectivity index (χ0v) is 24.3. The monoisotopic (exact) mass is 558 g/mol. The van der Waals surface area contributed by atoms with Crippen LogP contribution < -0.4 is 10.6 Å². The van der Waals surface area contributed by atoms with Crippen LogP contribution in [0.1, 0.15) is 62.3 Å². The lowest BCUT2D eigenvalue weighted by Gasteiger charge is -2.44. The van der Waals surface area contributed by atoms with Gasteiger partial charge in [0, 0.05) is 22.7 Å². The molecule has 0 aliphatic heterocycles. The average molecular weight is 559 g/mol. The van der Waals surface area contributed by atoms with Gasteiger partial charge in [-0.05, 0) is 58.4 Å². The predicted octanol–water partition coefficient (Wildman–Crippen LogP) is 6.20. The van der Waals surface area contributed by atoms with E-state index in [1.54, 1.807) is 102 Å². The van der Waals surface area contributed by atoms with Crippen LogP contribution >= 0.6 is 0 Å². The summed E-state index contributed by atoms with van der Waals surface area (Å²) < 4.78 is 0. The minimum Gasteiger partial charge on any atom is -0.481 e. The summed E-state index contributed by atoms with van der Waals surface area (Å²) in [4.78, 5) is 50.3. The van der Waals surface area contributed by atoms with Gasteiger partial charge in [0.1, 0.15) is 6.04 Å². The van der Waals surface area contributed by atoms with Crippen LogP contribution in [0.5, 0.6) is 0 Å². The van der Waals surface area contributed by atoms with Gasteiger partial charge in [0.15, 0.2) is 0 Å². The van der Waals surface area contributed by atoms with E-state index >= 15 is 0 Å². The maximum atomic E-state index is 13.2. The molecule has 0 heterocycles. The minimum absolute atomic E-state index is 0.209. The highest BCUT2D eigenvalue weighted by molar-refractivity contribution is 6.04. The fourth-order valence-electron chi connectivity index (χ4n) is 5.14. The zero-order chi connectivity index (χ0) is 30.5. The summed E-state index contributed by atoms with van der Waals surface area (Å²) in [5, 5.41) is 25.6. The van der Waals surface area contributed by atoms with Crippen LogP contribution in [0.25, 0.3) is 11.1 Å². The van der Waals surface area contributed by atoms with Crippen molar-refractivity contribution >= 4 is 29.4 Å². The Hall–Kier alpha value is -4.46. The summed E-state index contributed by atoms with van der Waals surface area (Å²) in [7, 11) is 0. The number of aliphatic carboxylic acids is 2. The number of anilines is 1. The molecular formula is C33H38N2O6. The van der Waals surface area contributed by atoms with Crippen molar-refractivity contribution in [2.75, 3.05) is 5.32 Å². The van der Waals surface area contributed by atoms with Gasteiger partial charge in [-0.3, -0.25) is 14.4 Å². The quantitative estimate of drug-likeness (QED) is 0.247. The molecule has 0 aliphatic carbocycles. The predicted molar refractivity (Wildman–Crippen MR) is 159 cm³/mol.